The Morgan fingerprint density at radius 2 is 2.09 bits per heavy atom. The van der Waals surface area contributed by atoms with Gasteiger partial charge in [-0.3, -0.25) is 9.59 Å². The largest absolute Gasteiger partial charge is 0.376 e. The summed E-state index contributed by atoms with van der Waals surface area (Å²) in [5.41, 5.74) is 1.26. The standard InChI is InChI=1S/C15H20N2O4S/c1-11(18)12-4-3-5-13(8-12)16-9-15(19)17(2)14-6-7-22(20,21)10-14/h3-5,8,14,16H,6-7,9-10H2,1-2H3/t14-/m1/s1. The third-order valence-corrected chi connectivity index (χ3v) is 5.61. The van der Waals surface area contributed by atoms with Crippen molar-refractivity contribution in [3.8, 4) is 0 Å². The number of rotatable bonds is 5. The van der Waals surface area contributed by atoms with E-state index in [4.69, 9.17) is 0 Å². The molecule has 0 aromatic heterocycles. The summed E-state index contributed by atoms with van der Waals surface area (Å²) in [5, 5.41) is 2.97. The second-order valence-electron chi connectivity index (χ2n) is 5.55. The van der Waals surface area contributed by atoms with Gasteiger partial charge in [-0.1, -0.05) is 12.1 Å². The van der Waals surface area contributed by atoms with Crippen LogP contribution in [-0.2, 0) is 14.6 Å². The molecule has 120 valence electrons. The summed E-state index contributed by atoms with van der Waals surface area (Å²) in [6.07, 6.45) is 0.490. The van der Waals surface area contributed by atoms with Gasteiger partial charge >= 0.3 is 0 Å². The van der Waals surface area contributed by atoms with Gasteiger partial charge in [-0.25, -0.2) is 8.42 Å². The third kappa shape index (κ3) is 4.07. The number of ketones is 1. The molecule has 1 fully saturated rings. The van der Waals surface area contributed by atoms with E-state index in [9.17, 15) is 18.0 Å². The summed E-state index contributed by atoms with van der Waals surface area (Å²) >= 11 is 0. The van der Waals surface area contributed by atoms with Gasteiger partial charge in [-0.15, -0.1) is 0 Å². The zero-order valence-corrected chi connectivity index (χ0v) is 13.5. The van der Waals surface area contributed by atoms with E-state index in [2.05, 4.69) is 5.32 Å². The van der Waals surface area contributed by atoms with E-state index in [1.807, 2.05) is 0 Å². The normalized spacial score (nSPS) is 19.6. The van der Waals surface area contributed by atoms with E-state index >= 15 is 0 Å². The van der Waals surface area contributed by atoms with Crippen LogP contribution in [0.3, 0.4) is 0 Å². The topological polar surface area (TPSA) is 83.6 Å². The summed E-state index contributed by atoms with van der Waals surface area (Å²) < 4.78 is 22.9. The fraction of sp³-hybridized carbons (Fsp3) is 0.467. The number of benzene rings is 1. The lowest BCUT2D eigenvalue weighted by Gasteiger charge is -2.23. The average Bonchev–Trinajstić information content (AvgIpc) is 2.84. The second kappa shape index (κ2) is 6.48. The summed E-state index contributed by atoms with van der Waals surface area (Å²) in [4.78, 5) is 24.9. The molecule has 22 heavy (non-hydrogen) atoms. The van der Waals surface area contributed by atoms with Crippen LogP contribution in [0.4, 0.5) is 5.69 Å². The van der Waals surface area contributed by atoms with Gasteiger partial charge in [-0.05, 0) is 25.5 Å². The van der Waals surface area contributed by atoms with Gasteiger partial charge in [-0.2, -0.15) is 0 Å². The molecule has 1 aromatic carbocycles. The first-order valence-electron chi connectivity index (χ1n) is 7.09. The predicted octanol–water partition coefficient (Wildman–Crippen LogP) is 0.947. The number of hydrogen-bond acceptors (Lipinski definition) is 5. The van der Waals surface area contributed by atoms with Crippen molar-refractivity contribution in [1.82, 2.24) is 4.90 Å². The SMILES string of the molecule is CC(=O)c1cccc(NCC(=O)N(C)[C@@H]2CCS(=O)(=O)C2)c1. The number of nitrogens with one attached hydrogen (secondary N) is 1. The molecule has 7 heteroatoms. The lowest BCUT2D eigenvalue weighted by Crippen LogP contribution is -2.40. The molecule has 1 heterocycles. The molecule has 0 radical (unpaired) electrons. The van der Waals surface area contributed by atoms with Gasteiger partial charge in [0, 0.05) is 24.3 Å². The number of likely N-dealkylation sites (N-methyl/N-ethyl adjacent to an activating group) is 1. The highest BCUT2D eigenvalue weighted by atomic mass is 32.2. The Kier molecular flexibility index (Phi) is 4.85. The van der Waals surface area contributed by atoms with Gasteiger partial charge in [0.15, 0.2) is 15.6 Å². The molecule has 0 bridgehead atoms. The van der Waals surface area contributed by atoms with E-state index in [0.717, 1.165) is 0 Å². The molecule has 0 saturated carbocycles. The van der Waals surface area contributed by atoms with Gasteiger partial charge in [0.1, 0.15) is 0 Å². The fourth-order valence-electron chi connectivity index (χ4n) is 2.43. The predicted molar refractivity (Wildman–Crippen MR) is 84.8 cm³/mol. The van der Waals surface area contributed by atoms with Crippen molar-refractivity contribution in [1.29, 1.82) is 0 Å². The number of anilines is 1. The minimum Gasteiger partial charge on any atom is -0.376 e. The van der Waals surface area contributed by atoms with Gasteiger partial charge in [0.25, 0.3) is 0 Å². The molecule has 1 aliphatic heterocycles. The smallest absolute Gasteiger partial charge is 0.241 e. The Morgan fingerprint density at radius 1 is 1.36 bits per heavy atom. The first kappa shape index (κ1) is 16.5. The van der Waals surface area contributed by atoms with Gasteiger partial charge < -0.3 is 10.2 Å². The molecule has 1 atom stereocenters. The number of Topliss-reactive ketones (excluding diaryl/α,β-unsaturated/α-hetero) is 1. The van der Waals surface area contributed by atoms with Crippen LogP contribution in [0.2, 0.25) is 0 Å². The van der Waals surface area contributed by atoms with Crippen LogP contribution in [0.5, 0.6) is 0 Å². The zero-order valence-electron chi connectivity index (χ0n) is 12.7. The van der Waals surface area contributed by atoms with Gasteiger partial charge in [0.05, 0.1) is 18.1 Å². The number of hydrogen-bond donors (Lipinski definition) is 1. The summed E-state index contributed by atoms with van der Waals surface area (Å²) in [6.45, 7) is 1.55. The number of carbonyl (C=O) groups excluding carboxylic acids is 2. The maximum Gasteiger partial charge on any atom is 0.241 e. The van der Waals surface area contributed by atoms with Crippen LogP contribution < -0.4 is 5.32 Å². The van der Waals surface area contributed by atoms with Crippen molar-refractivity contribution in [2.24, 2.45) is 0 Å². The molecule has 1 aromatic rings. The minimum absolute atomic E-state index is 0.0368. The molecule has 2 rings (SSSR count). The van der Waals surface area contributed by atoms with E-state index in [0.29, 0.717) is 17.7 Å². The molecule has 1 amide bonds. The number of carbonyl (C=O) groups is 2. The second-order valence-corrected chi connectivity index (χ2v) is 7.78. The van der Waals surface area contributed by atoms with E-state index in [1.54, 1.807) is 31.3 Å². The van der Waals surface area contributed by atoms with Crippen LogP contribution in [0.1, 0.15) is 23.7 Å². The molecular formula is C15H20N2O4S. The quantitative estimate of drug-likeness (QED) is 0.815. The van der Waals surface area contributed by atoms with Crippen molar-refractivity contribution in [3.05, 3.63) is 29.8 Å². The Hall–Kier alpha value is -1.89. The molecule has 1 N–H and O–H groups in total. The molecular weight excluding hydrogens is 304 g/mol. The lowest BCUT2D eigenvalue weighted by molar-refractivity contribution is -0.129. The van der Waals surface area contributed by atoms with Gasteiger partial charge in [0.2, 0.25) is 5.91 Å². The number of nitrogens with zero attached hydrogens (tertiary/aromatic N) is 1. The monoisotopic (exact) mass is 324 g/mol. The molecule has 0 spiro atoms. The first-order chi connectivity index (χ1) is 10.3. The van der Waals surface area contributed by atoms with Crippen LogP contribution in [0, 0.1) is 0 Å². The summed E-state index contributed by atoms with van der Waals surface area (Å²) in [7, 11) is -1.38. The number of sulfone groups is 1. The van der Waals surface area contributed by atoms with Crippen molar-refractivity contribution in [3.63, 3.8) is 0 Å². The first-order valence-corrected chi connectivity index (χ1v) is 8.91. The summed E-state index contributed by atoms with van der Waals surface area (Å²) in [6, 6.07) is 6.68. The Bertz CT molecular complexity index is 685. The van der Waals surface area contributed by atoms with Crippen molar-refractivity contribution in [2.45, 2.75) is 19.4 Å². The van der Waals surface area contributed by atoms with E-state index in [-0.39, 0.29) is 35.8 Å². The third-order valence-electron chi connectivity index (χ3n) is 3.86. The highest BCUT2D eigenvalue weighted by molar-refractivity contribution is 7.91. The average molecular weight is 324 g/mol. The minimum atomic E-state index is -3.01. The van der Waals surface area contributed by atoms with Crippen LogP contribution >= 0.6 is 0 Å². The maximum atomic E-state index is 12.1. The highest BCUT2D eigenvalue weighted by Crippen LogP contribution is 2.17. The van der Waals surface area contributed by atoms with Crippen LogP contribution in [0.15, 0.2) is 24.3 Å². The van der Waals surface area contributed by atoms with Crippen molar-refractivity contribution < 1.29 is 18.0 Å². The summed E-state index contributed by atoms with van der Waals surface area (Å²) in [5.74, 6) is -0.0306. The van der Waals surface area contributed by atoms with Crippen molar-refractivity contribution >= 4 is 27.2 Å². The lowest BCUT2D eigenvalue weighted by atomic mass is 10.1. The molecule has 0 aliphatic carbocycles. The van der Waals surface area contributed by atoms with Crippen LogP contribution in [-0.4, -0.2) is 56.1 Å². The Morgan fingerprint density at radius 3 is 2.68 bits per heavy atom. The Balaban J connectivity index is 1.92. The Labute approximate surface area is 130 Å². The van der Waals surface area contributed by atoms with E-state index in [1.165, 1.54) is 11.8 Å². The highest BCUT2D eigenvalue weighted by Gasteiger charge is 2.32. The molecule has 1 aliphatic rings. The molecule has 1 saturated heterocycles. The van der Waals surface area contributed by atoms with E-state index < -0.39 is 9.84 Å². The zero-order chi connectivity index (χ0) is 16.3. The fourth-order valence-corrected chi connectivity index (χ4v) is 4.21. The molecule has 0 unspecified atom stereocenters. The van der Waals surface area contributed by atoms with Crippen molar-refractivity contribution in [2.75, 3.05) is 30.4 Å². The maximum absolute atomic E-state index is 12.1. The van der Waals surface area contributed by atoms with Crippen LogP contribution in [0.25, 0.3) is 0 Å². The molecule has 6 nitrogen and oxygen atoms in total. The number of amides is 1.